The van der Waals surface area contributed by atoms with Gasteiger partial charge in [0.25, 0.3) is 5.91 Å². The molecule has 1 saturated heterocycles. The molecule has 1 aromatic heterocycles. The highest BCUT2D eigenvalue weighted by Gasteiger charge is 2.62. The second-order valence-corrected chi connectivity index (χ2v) is 15.4. The highest BCUT2D eigenvalue weighted by atomic mass is 32.2. The van der Waals surface area contributed by atoms with E-state index in [0.29, 0.717) is 12.8 Å². The molecule has 2 aliphatic carbocycles. The number of ether oxygens (including phenoxy) is 1. The Bertz CT molecular complexity index is 1580. The number of benzene rings is 1. The van der Waals surface area contributed by atoms with Gasteiger partial charge in [-0.2, -0.15) is 5.10 Å². The Morgan fingerprint density at radius 2 is 1.82 bits per heavy atom. The van der Waals surface area contributed by atoms with Gasteiger partial charge in [-0.25, -0.2) is 8.42 Å². The van der Waals surface area contributed by atoms with E-state index in [4.69, 9.17) is 10.5 Å². The number of methoxy groups -OCH3 is 1. The first-order valence-electron chi connectivity index (χ1n) is 14.8. The van der Waals surface area contributed by atoms with Crippen molar-refractivity contribution in [3.05, 3.63) is 54.9 Å². The number of nitrogens with one attached hydrogen (secondary N) is 2. The molecule has 238 valence electrons. The van der Waals surface area contributed by atoms with E-state index in [-0.39, 0.29) is 19.4 Å². The lowest BCUT2D eigenvalue weighted by Gasteiger charge is -2.33. The molecule has 1 unspecified atom stereocenters. The van der Waals surface area contributed by atoms with Crippen LogP contribution in [0, 0.1) is 11.3 Å². The molecule has 2 aromatic rings. The molecule has 3 amide bonds. The Morgan fingerprint density at radius 1 is 1.16 bits per heavy atom. The maximum absolute atomic E-state index is 14.1. The van der Waals surface area contributed by atoms with Crippen LogP contribution >= 0.6 is 0 Å². The molecule has 13 heteroatoms. The van der Waals surface area contributed by atoms with E-state index in [1.165, 1.54) is 18.1 Å². The van der Waals surface area contributed by atoms with E-state index in [1.54, 1.807) is 10.9 Å². The quantitative estimate of drug-likeness (QED) is 0.335. The normalized spacial score (nSPS) is 27.5. The molecule has 4 N–H and O–H groups in total. The summed E-state index contributed by atoms with van der Waals surface area (Å²) in [5.41, 5.74) is 5.94. The van der Waals surface area contributed by atoms with Gasteiger partial charge in [-0.1, -0.05) is 51.1 Å². The van der Waals surface area contributed by atoms with Gasteiger partial charge in [0.05, 0.1) is 24.0 Å². The number of hydrogen-bond donors (Lipinski definition) is 3. The second kappa shape index (κ2) is 11.1. The third-order valence-electron chi connectivity index (χ3n) is 9.20. The lowest BCUT2D eigenvalue weighted by Crippen LogP contribution is -2.59. The fraction of sp³-hybridized carbons (Fsp3) is 0.548. The Balaban J connectivity index is 1.45. The van der Waals surface area contributed by atoms with E-state index in [9.17, 15) is 22.8 Å². The number of nitrogens with two attached hydrogens (primary N) is 1. The SMILES string of the molecule is C=CC1C[C@]1(NC(=O)[C@@H]1C[C@@](OC)(c2ccc(-c3cnn(C)c3)cc2)CN1C(=O)[C@@H](N)C(C)(C)C)C(=O)NS(=O)(=O)C1CC1. The monoisotopic (exact) mass is 626 g/mol. The zero-order valence-electron chi connectivity index (χ0n) is 25.9. The highest BCUT2D eigenvalue weighted by molar-refractivity contribution is 7.91. The summed E-state index contributed by atoms with van der Waals surface area (Å²) in [5, 5.41) is 6.44. The van der Waals surface area contributed by atoms with E-state index < -0.39 is 67.6 Å². The van der Waals surface area contributed by atoms with Crippen molar-refractivity contribution in [2.75, 3.05) is 13.7 Å². The van der Waals surface area contributed by atoms with Gasteiger partial charge >= 0.3 is 0 Å². The molecule has 5 atom stereocenters. The minimum atomic E-state index is -3.84. The van der Waals surface area contributed by atoms with Gasteiger partial charge in [0, 0.05) is 38.3 Å². The molecule has 12 nitrogen and oxygen atoms in total. The number of hydrogen-bond acceptors (Lipinski definition) is 8. The third-order valence-corrected chi connectivity index (χ3v) is 11.0. The average Bonchev–Trinajstić information content (AvgIpc) is 3.87. The van der Waals surface area contributed by atoms with Crippen LogP contribution in [-0.4, -0.2) is 77.3 Å². The average molecular weight is 627 g/mol. The minimum Gasteiger partial charge on any atom is -0.372 e. The molecule has 0 spiro atoms. The van der Waals surface area contributed by atoms with Gasteiger partial charge in [-0.05, 0) is 35.8 Å². The summed E-state index contributed by atoms with van der Waals surface area (Å²) in [6, 6.07) is 5.74. The molecule has 2 heterocycles. The number of aromatic nitrogens is 2. The summed E-state index contributed by atoms with van der Waals surface area (Å²) < 4.78 is 35.1. The molecule has 0 bridgehead atoms. The van der Waals surface area contributed by atoms with Crippen molar-refractivity contribution in [2.45, 2.75) is 74.9 Å². The third kappa shape index (κ3) is 5.80. The summed E-state index contributed by atoms with van der Waals surface area (Å²) in [4.78, 5) is 42.7. The van der Waals surface area contributed by atoms with Crippen LogP contribution in [0.4, 0.5) is 0 Å². The van der Waals surface area contributed by atoms with Crippen molar-refractivity contribution in [3.8, 4) is 11.1 Å². The van der Waals surface area contributed by atoms with E-state index in [2.05, 4.69) is 21.7 Å². The lowest BCUT2D eigenvalue weighted by molar-refractivity contribution is -0.142. The van der Waals surface area contributed by atoms with Gasteiger partial charge in [-0.3, -0.25) is 23.8 Å². The minimum absolute atomic E-state index is 0.0522. The smallest absolute Gasteiger partial charge is 0.259 e. The molecule has 5 rings (SSSR count). The molecule has 2 saturated carbocycles. The zero-order valence-corrected chi connectivity index (χ0v) is 26.7. The van der Waals surface area contributed by atoms with E-state index in [1.807, 2.05) is 58.3 Å². The molecular weight excluding hydrogens is 584 g/mol. The zero-order chi connectivity index (χ0) is 32.2. The van der Waals surface area contributed by atoms with Gasteiger partial charge in [0.1, 0.15) is 17.2 Å². The Hall–Kier alpha value is -3.55. The van der Waals surface area contributed by atoms with Crippen LogP contribution in [-0.2, 0) is 41.8 Å². The number of amides is 3. The van der Waals surface area contributed by atoms with Gasteiger partial charge in [0.2, 0.25) is 21.8 Å². The molecule has 3 aliphatic rings. The molecule has 1 aliphatic heterocycles. The molecule has 0 radical (unpaired) electrons. The van der Waals surface area contributed by atoms with Crippen molar-refractivity contribution >= 4 is 27.7 Å². The van der Waals surface area contributed by atoms with Crippen molar-refractivity contribution in [3.63, 3.8) is 0 Å². The van der Waals surface area contributed by atoms with Crippen LogP contribution in [0.15, 0.2) is 49.3 Å². The van der Waals surface area contributed by atoms with Crippen molar-refractivity contribution in [2.24, 2.45) is 24.1 Å². The van der Waals surface area contributed by atoms with Crippen molar-refractivity contribution in [1.29, 1.82) is 0 Å². The number of nitrogens with zero attached hydrogens (tertiary/aromatic N) is 3. The summed E-state index contributed by atoms with van der Waals surface area (Å²) in [6.07, 6.45) is 6.47. The van der Waals surface area contributed by atoms with E-state index in [0.717, 1.165) is 16.7 Å². The Labute approximate surface area is 258 Å². The standard InChI is InChI=1S/C31H42N6O6S/c1-7-21-14-31(21,28(40)35-44(41,42)23-12-13-23)34-26(38)24-15-30(43-6,18-37(24)27(39)25(32)29(2,3)4)22-10-8-19(9-11-22)20-16-33-36(5)17-20/h7-11,16-17,21,23-25H,1,12-15,18,32H2,2-6H3,(H,34,38)(H,35,40)/t21?,24-,25+,30-,31+/m0/s1. The number of likely N-dealkylation sites (tertiary alicyclic amines) is 1. The van der Waals surface area contributed by atoms with Gasteiger partial charge in [-0.15, -0.1) is 6.58 Å². The van der Waals surface area contributed by atoms with Crippen LogP contribution in [0.25, 0.3) is 11.1 Å². The molecule has 3 fully saturated rings. The highest BCUT2D eigenvalue weighted by Crippen LogP contribution is 2.46. The van der Waals surface area contributed by atoms with Crippen molar-refractivity contribution in [1.82, 2.24) is 24.7 Å². The number of carbonyl (C=O) groups excluding carboxylic acids is 3. The number of carbonyl (C=O) groups is 3. The maximum Gasteiger partial charge on any atom is 0.259 e. The Kier molecular flexibility index (Phi) is 8.05. The number of sulfonamides is 1. The van der Waals surface area contributed by atoms with Gasteiger partial charge in [0.15, 0.2) is 0 Å². The maximum atomic E-state index is 14.1. The fourth-order valence-electron chi connectivity index (χ4n) is 5.92. The molecule has 44 heavy (non-hydrogen) atoms. The summed E-state index contributed by atoms with van der Waals surface area (Å²) in [7, 11) is -0.463. The number of aryl methyl sites for hydroxylation is 1. The first kappa shape index (κ1) is 31.9. The predicted octanol–water partition coefficient (Wildman–Crippen LogP) is 1.57. The summed E-state index contributed by atoms with van der Waals surface area (Å²) in [5.74, 6) is -2.27. The van der Waals surface area contributed by atoms with Gasteiger partial charge < -0.3 is 20.7 Å². The first-order valence-corrected chi connectivity index (χ1v) is 16.3. The Morgan fingerprint density at radius 3 is 2.32 bits per heavy atom. The van der Waals surface area contributed by atoms with Crippen molar-refractivity contribution < 1.29 is 27.5 Å². The van der Waals surface area contributed by atoms with E-state index >= 15 is 0 Å². The second-order valence-electron chi connectivity index (χ2n) is 13.4. The largest absolute Gasteiger partial charge is 0.372 e. The number of rotatable bonds is 10. The summed E-state index contributed by atoms with van der Waals surface area (Å²) in [6.45, 7) is 9.36. The predicted molar refractivity (Wildman–Crippen MR) is 164 cm³/mol. The lowest BCUT2D eigenvalue weighted by atomic mass is 9.86. The topological polar surface area (TPSA) is 166 Å². The van der Waals surface area contributed by atoms with Crippen LogP contribution < -0.4 is 15.8 Å². The van der Waals surface area contributed by atoms with Crippen LogP contribution in [0.2, 0.25) is 0 Å². The first-order chi connectivity index (χ1) is 20.6. The molecule has 1 aromatic carbocycles. The fourth-order valence-corrected chi connectivity index (χ4v) is 7.28. The summed E-state index contributed by atoms with van der Waals surface area (Å²) >= 11 is 0. The molecular formula is C31H42N6O6S. The van der Waals surface area contributed by atoms with Crippen LogP contribution in [0.1, 0.15) is 52.0 Å². The van der Waals surface area contributed by atoms with Crippen LogP contribution in [0.5, 0.6) is 0 Å². The van der Waals surface area contributed by atoms with Crippen LogP contribution in [0.3, 0.4) is 0 Å².